The first-order chi connectivity index (χ1) is 9.04. The minimum absolute atomic E-state index is 0.0260. The molecule has 1 aliphatic carbocycles. The third-order valence-corrected chi connectivity index (χ3v) is 4.70. The van der Waals surface area contributed by atoms with Gasteiger partial charge >= 0.3 is 5.97 Å². The van der Waals surface area contributed by atoms with Crippen molar-refractivity contribution < 1.29 is 14.3 Å². The van der Waals surface area contributed by atoms with E-state index >= 15 is 0 Å². The van der Waals surface area contributed by atoms with E-state index in [0.717, 1.165) is 29.7 Å². The third kappa shape index (κ3) is 2.81. The van der Waals surface area contributed by atoms with Crippen molar-refractivity contribution >= 4 is 28.2 Å². The average molecular weight is 281 g/mol. The molecule has 4 nitrogen and oxygen atoms in total. The third-order valence-electron chi connectivity index (χ3n) is 3.58. The largest absolute Gasteiger partial charge is 0.462 e. The van der Waals surface area contributed by atoms with E-state index < -0.39 is 0 Å². The quantitative estimate of drug-likeness (QED) is 0.862. The number of aryl methyl sites for hydroxylation is 1. The van der Waals surface area contributed by atoms with Crippen LogP contribution in [0.3, 0.4) is 0 Å². The Morgan fingerprint density at radius 1 is 1.37 bits per heavy atom. The molecule has 1 aliphatic rings. The van der Waals surface area contributed by atoms with Crippen molar-refractivity contribution in [1.29, 1.82) is 0 Å². The Bertz CT molecular complexity index is 503. The van der Waals surface area contributed by atoms with Gasteiger partial charge in [-0.05, 0) is 39.2 Å². The summed E-state index contributed by atoms with van der Waals surface area (Å²) >= 11 is 1.44. The molecule has 1 fully saturated rings. The molecule has 0 aliphatic heterocycles. The molecular formula is C14H19NO3S. The number of hydrogen-bond donors (Lipinski definition) is 1. The van der Waals surface area contributed by atoms with E-state index in [1.54, 1.807) is 6.92 Å². The second-order valence-corrected chi connectivity index (χ2v) is 6.05. The molecule has 0 saturated heterocycles. The van der Waals surface area contributed by atoms with Gasteiger partial charge in [0.25, 0.3) is 0 Å². The summed E-state index contributed by atoms with van der Waals surface area (Å²) in [5.74, 6) is -0.218. The first-order valence-electron chi connectivity index (χ1n) is 6.62. The zero-order valence-corrected chi connectivity index (χ0v) is 12.4. The Hall–Kier alpha value is -1.36. The number of amides is 1. The zero-order valence-electron chi connectivity index (χ0n) is 11.5. The van der Waals surface area contributed by atoms with Crippen LogP contribution in [0.25, 0.3) is 0 Å². The monoisotopic (exact) mass is 281 g/mol. The molecule has 0 bridgehead atoms. The molecule has 1 aromatic rings. The van der Waals surface area contributed by atoms with Crippen molar-refractivity contribution in [3.8, 4) is 0 Å². The highest BCUT2D eigenvalue weighted by molar-refractivity contribution is 7.16. The number of esters is 1. The van der Waals surface area contributed by atoms with Gasteiger partial charge in [-0.3, -0.25) is 4.79 Å². The highest BCUT2D eigenvalue weighted by Crippen LogP contribution is 2.35. The molecule has 2 rings (SSSR count). The van der Waals surface area contributed by atoms with E-state index in [1.165, 1.54) is 11.3 Å². The maximum atomic E-state index is 12.0. The lowest BCUT2D eigenvalue weighted by Crippen LogP contribution is -2.28. The molecule has 1 aromatic heterocycles. The van der Waals surface area contributed by atoms with Crippen LogP contribution >= 0.6 is 11.3 Å². The van der Waals surface area contributed by atoms with Crippen LogP contribution in [-0.2, 0) is 9.53 Å². The van der Waals surface area contributed by atoms with Gasteiger partial charge in [0, 0.05) is 10.8 Å². The van der Waals surface area contributed by atoms with E-state index in [-0.39, 0.29) is 17.8 Å². The molecule has 1 heterocycles. The predicted molar refractivity (Wildman–Crippen MR) is 75.7 cm³/mol. The van der Waals surface area contributed by atoms with Crippen molar-refractivity contribution in [3.05, 3.63) is 16.0 Å². The van der Waals surface area contributed by atoms with Crippen LogP contribution in [0.4, 0.5) is 5.00 Å². The smallest absolute Gasteiger partial charge is 0.341 e. The van der Waals surface area contributed by atoms with Crippen LogP contribution in [0.15, 0.2) is 0 Å². The second-order valence-electron chi connectivity index (χ2n) is 4.82. The maximum Gasteiger partial charge on any atom is 0.341 e. The number of anilines is 1. The fourth-order valence-electron chi connectivity index (χ4n) is 2.05. The van der Waals surface area contributed by atoms with Crippen LogP contribution in [0, 0.1) is 19.8 Å². The summed E-state index contributed by atoms with van der Waals surface area (Å²) < 4.78 is 5.06. The summed E-state index contributed by atoms with van der Waals surface area (Å²) in [4.78, 5) is 25.0. The van der Waals surface area contributed by atoms with Gasteiger partial charge in [0.1, 0.15) is 5.00 Å². The van der Waals surface area contributed by atoms with Crippen molar-refractivity contribution in [1.82, 2.24) is 0 Å². The molecule has 104 valence electrons. The van der Waals surface area contributed by atoms with Crippen LogP contribution in [-0.4, -0.2) is 18.5 Å². The standard InChI is InChI=1S/C14H19NO3S/c1-4-18-14(17)11-8(2)9(3)19-13(11)15-12(16)10-6-5-7-10/h10H,4-7H2,1-3H3,(H,15,16). The summed E-state index contributed by atoms with van der Waals surface area (Å²) in [6, 6.07) is 0. The second kappa shape index (κ2) is 5.74. The number of nitrogens with one attached hydrogen (secondary N) is 1. The van der Waals surface area contributed by atoms with E-state index in [2.05, 4.69) is 5.32 Å². The van der Waals surface area contributed by atoms with Crippen LogP contribution < -0.4 is 5.32 Å². The Balaban J connectivity index is 2.21. The molecule has 19 heavy (non-hydrogen) atoms. The topological polar surface area (TPSA) is 55.4 Å². The molecular weight excluding hydrogens is 262 g/mol. The number of rotatable bonds is 4. The van der Waals surface area contributed by atoms with Crippen LogP contribution in [0.1, 0.15) is 47.0 Å². The van der Waals surface area contributed by atoms with Crippen LogP contribution in [0.2, 0.25) is 0 Å². The fourth-order valence-corrected chi connectivity index (χ4v) is 3.10. The number of thiophene rings is 1. The number of carbonyl (C=O) groups excluding carboxylic acids is 2. The van der Waals surface area contributed by atoms with Gasteiger partial charge in [-0.15, -0.1) is 11.3 Å². The molecule has 0 atom stereocenters. The van der Waals surface area contributed by atoms with Crippen molar-refractivity contribution in [2.75, 3.05) is 11.9 Å². The summed E-state index contributed by atoms with van der Waals surface area (Å²) in [6.07, 6.45) is 3.01. The molecule has 0 aromatic carbocycles. The van der Waals surface area contributed by atoms with Gasteiger partial charge in [-0.1, -0.05) is 6.42 Å². The number of hydrogen-bond acceptors (Lipinski definition) is 4. The maximum absolute atomic E-state index is 12.0. The Labute approximate surface area is 117 Å². The number of ether oxygens (including phenoxy) is 1. The number of carbonyl (C=O) groups is 2. The minimum atomic E-state index is -0.353. The molecule has 0 spiro atoms. The Morgan fingerprint density at radius 2 is 2.05 bits per heavy atom. The molecule has 5 heteroatoms. The van der Waals surface area contributed by atoms with E-state index in [9.17, 15) is 9.59 Å². The van der Waals surface area contributed by atoms with E-state index in [0.29, 0.717) is 17.2 Å². The average Bonchev–Trinajstić information content (AvgIpc) is 2.52. The zero-order chi connectivity index (χ0) is 14.0. The fraction of sp³-hybridized carbons (Fsp3) is 0.571. The molecule has 1 N–H and O–H groups in total. The van der Waals surface area contributed by atoms with Gasteiger partial charge in [0.15, 0.2) is 0 Å². The van der Waals surface area contributed by atoms with E-state index in [4.69, 9.17) is 4.74 Å². The first kappa shape index (κ1) is 14.1. The molecule has 1 amide bonds. The predicted octanol–water partition coefficient (Wildman–Crippen LogP) is 3.28. The summed E-state index contributed by atoms with van der Waals surface area (Å²) in [5, 5.41) is 3.52. The lowest BCUT2D eigenvalue weighted by Gasteiger charge is -2.23. The van der Waals surface area contributed by atoms with Gasteiger partial charge in [-0.25, -0.2) is 4.79 Å². The normalized spacial score (nSPS) is 14.9. The van der Waals surface area contributed by atoms with E-state index in [1.807, 2.05) is 13.8 Å². The summed E-state index contributed by atoms with van der Waals surface area (Å²) in [5.41, 5.74) is 1.41. The highest BCUT2D eigenvalue weighted by Gasteiger charge is 2.28. The van der Waals surface area contributed by atoms with Gasteiger partial charge in [0.2, 0.25) is 5.91 Å². The SMILES string of the molecule is CCOC(=O)c1c(NC(=O)C2CCC2)sc(C)c1C. The highest BCUT2D eigenvalue weighted by atomic mass is 32.1. The van der Waals surface area contributed by atoms with Crippen molar-refractivity contribution in [3.63, 3.8) is 0 Å². The van der Waals surface area contributed by atoms with Crippen molar-refractivity contribution in [2.24, 2.45) is 5.92 Å². The Morgan fingerprint density at radius 3 is 2.58 bits per heavy atom. The molecule has 0 unspecified atom stereocenters. The summed E-state index contributed by atoms with van der Waals surface area (Å²) in [7, 11) is 0. The van der Waals surface area contributed by atoms with Gasteiger partial charge in [0.05, 0.1) is 12.2 Å². The van der Waals surface area contributed by atoms with Crippen molar-refractivity contribution in [2.45, 2.75) is 40.0 Å². The van der Waals surface area contributed by atoms with Crippen LogP contribution in [0.5, 0.6) is 0 Å². The molecule has 0 radical (unpaired) electrons. The lowest BCUT2D eigenvalue weighted by atomic mass is 9.85. The Kier molecular flexibility index (Phi) is 4.24. The summed E-state index contributed by atoms with van der Waals surface area (Å²) in [6.45, 7) is 5.95. The van der Waals surface area contributed by atoms with Gasteiger partial charge in [-0.2, -0.15) is 0 Å². The van der Waals surface area contributed by atoms with Gasteiger partial charge < -0.3 is 10.1 Å². The lowest BCUT2D eigenvalue weighted by molar-refractivity contribution is -0.122. The minimum Gasteiger partial charge on any atom is -0.462 e. The molecule has 1 saturated carbocycles. The first-order valence-corrected chi connectivity index (χ1v) is 7.44.